The maximum absolute atomic E-state index is 12.6. The smallest absolute Gasteiger partial charge is 0.293 e. The highest BCUT2D eigenvalue weighted by Gasteiger charge is 2.20. The number of halogens is 1. The largest absolute Gasteiger partial charge is 0.372 e. The average Bonchev–Trinajstić information content (AvgIpc) is 3.28. The number of hydrogen-bond acceptors (Lipinski definition) is 7. The van der Waals surface area contributed by atoms with Gasteiger partial charge in [-0.15, -0.1) is 16.4 Å². The van der Waals surface area contributed by atoms with Gasteiger partial charge in [0.25, 0.3) is 17.5 Å². The van der Waals surface area contributed by atoms with Gasteiger partial charge in [0.05, 0.1) is 10.6 Å². The first-order valence-electron chi connectivity index (χ1n) is 8.71. The number of rotatable bonds is 5. The fraction of sp³-hybridized carbons (Fsp3) is 0.105. The van der Waals surface area contributed by atoms with E-state index in [1.165, 1.54) is 29.5 Å². The first-order valence-corrected chi connectivity index (χ1v) is 9.96. The van der Waals surface area contributed by atoms with Gasteiger partial charge in [0.15, 0.2) is 0 Å². The highest BCUT2D eigenvalue weighted by molar-refractivity contribution is 7.15. The number of hydrogen-bond donors (Lipinski definition) is 1. The number of thiazole rings is 1. The van der Waals surface area contributed by atoms with E-state index in [0.717, 1.165) is 11.3 Å². The monoisotopic (exact) mass is 442 g/mol. The number of carbonyl (C=O) groups is 1. The first-order chi connectivity index (χ1) is 14.3. The van der Waals surface area contributed by atoms with Crippen LogP contribution in [0.2, 0.25) is 5.02 Å². The van der Waals surface area contributed by atoms with E-state index in [2.05, 4.69) is 15.4 Å². The van der Waals surface area contributed by atoms with Crippen molar-refractivity contribution in [1.82, 2.24) is 14.6 Å². The molecule has 0 unspecified atom stereocenters. The molecule has 0 fully saturated rings. The molecule has 0 saturated heterocycles. The van der Waals surface area contributed by atoms with Crippen LogP contribution in [0.25, 0.3) is 16.2 Å². The highest BCUT2D eigenvalue weighted by Crippen LogP contribution is 2.29. The molecule has 30 heavy (non-hydrogen) atoms. The summed E-state index contributed by atoms with van der Waals surface area (Å²) < 4.78 is 1.63. The lowest BCUT2D eigenvalue weighted by Gasteiger charge is -2.13. The van der Waals surface area contributed by atoms with Gasteiger partial charge in [-0.1, -0.05) is 23.7 Å². The van der Waals surface area contributed by atoms with E-state index in [9.17, 15) is 14.9 Å². The van der Waals surface area contributed by atoms with Crippen molar-refractivity contribution in [3.63, 3.8) is 0 Å². The number of nitro groups is 1. The molecule has 0 radical (unpaired) electrons. The molecule has 0 aliphatic heterocycles. The maximum Gasteiger partial charge on any atom is 0.293 e. The maximum atomic E-state index is 12.6. The third kappa shape index (κ3) is 3.70. The minimum Gasteiger partial charge on any atom is -0.372 e. The van der Waals surface area contributed by atoms with Gasteiger partial charge in [0, 0.05) is 41.7 Å². The van der Waals surface area contributed by atoms with Gasteiger partial charge < -0.3 is 4.90 Å². The van der Waals surface area contributed by atoms with E-state index < -0.39 is 10.8 Å². The molecule has 1 N–H and O–H groups in total. The third-order valence-corrected chi connectivity index (χ3v) is 5.43. The van der Waals surface area contributed by atoms with Gasteiger partial charge in [-0.05, 0) is 24.3 Å². The molecule has 2 aromatic carbocycles. The van der Waals surface area contributed by atoms with Gasteiger partial charge in [-0.2, -0.15) is 4.98 Å². The summed E-state index contributed by atoms with van der Waals surface area (Å²) in [5.74, 6) is -0.420. The number of aromatic nitrogens is 3. The van der Waals surface area contributed by atoms with Crippen LogP contribution in [0.1, 0.15) is 10.4 Å². The highest BCUT2D eigenvalue weighted by atomic mass is 35.5. The summed E-state index contributed by atoms with van der Waals surface area (Å²) in [5, 5.41) is 20.8. The van der Waals surface area contributed by atoms with E-state index in [1.807, 2.05) is 17.5 Å². The Bertz CT molecular complexity index is 1270. The number of carbonyl (C=O) groups excluding carboxylic acids is 1. The van der Waals surface area contributed by atoms with Crippen LogP contribution in [0.5, 0.6) is 0 Å². The molecule has 1 amide bonds. The molecular formula is C19H15ClN6O3S. The van der Waals surface area contributed by atoms with E-state index in [-0.39, 0.29) is 17.2 Å². The van der Waals surface area contributed by atoms with Crippen molar-refractivity contribution in [1.29, 1.82) is 0 Å². The second-order valence-corrected chi connectivity index (χ2v) is 7.84. The van der Waals surface area contributed by atoms with Crippen LogP contribution in [0.3, 0.4) is 0 Å². The molecule has 11 heteroatoms. The van der Waals surface area contributed by atoms with Crippen LogP contribution in [0, 0.1) is 10.1 Å². The lowest BCUT2D eigenvalue weighted by atomic mass is 10.1. The van der Waals surface area contributed by atoms with Crippen LogP contribution in [0.4, 0.5) is 17.3 Å². The Hall–Kier alpha value is -3.50. The molecule has 152 valence electrons. The Morgan fingerprint density at radius 3 is 2.63 bits per heavy atom. The van der Waals surface area contributed by atoms with Crippen molar-refractivity contribution in [2.75, 3.05) is 24.3 Å². The Morgan fingerprint density at radius 2 is 1.97 bits per heavy atom. The van der Waals surface area contributed by atoms with E-state index in [1.54, 1.807) is 35.6 Å². The zero-order valence-corrected chi connectivity index (χ0v) is 17.4. The van der Waals surface area contributed by atoms with Crippen LogP contribution in [-0.2, 0) is 0 Å². The summed E-state index contributed by atoms with van der Waals surface area (Å²) in [4.78, 5) is 30.0. The quantitative estimate of drug-likeness (QED) is 0.364. The molecule has 0 atom stereocenters. The molecule has 0 aliphatic carbocycles. The van der Waals surface area contributed by atoms with Crippen molar-refractivity contribution < 1.29 is 9.72 Å². The van der Waals surface area contributed by atoms with Crippen molar-refractivity contribution in [3.05, 3.63) is 68.5 Å². The second kappa shape index (κ2) is 7.73. The second-order valence-electron chi connectivity index (χ2n) is 6.57. The minimum atomic E-state index is -0.533. The summed E-state index contributed by atoms with van der Waals surface area (Å²) in [5.41, 5.74) is 2.11. The summed E-state index contributed by atoms with van der Waals surface area (Å²) in [7, 11) is 3.39. The normalized spacial score (nSPS) is 10.9. The van der Waals surface area contributed by atoms with Gasteiger partial charge >= 0.3 is 0 Å². The molecule has 2 heterocycles. The van der Waals surface area contributed by atoms with Crippen molar-refractivity contribution in [2.24, 2.45) is 0 Å². The summed E-state index contributed by atoms with van der Waals surface area (Å²) in [6.45, 7) is 0. The SMILES string of the molecule is CN(C)c1ccc(C(=O)Nc2nc3scc(-c4ccc(Cl)cc4)n3n2)cc1[N+](=O)[O-]. The number of nitrogens with one attached hydrogen (secondary N) is 1. The summed E-state index contributed by atoms with van der Waals surface area (Å²) >= 11 is 7.32. The zero-order valence-electron chi connectivity index (χ0n) is 15.9. The topological polar surface area (TPSA) is 106 Å². The van der Waals surface area contributed by atoms with Crippen molar-refractivity contribution >= 4 is 51.1 Å². The van der Waals surface area contributed by atoms with E-state index in [4.69, 9.17) is 11.6 Å². The fourth-order valence-corrected chi connectivity index (χ4v) is 3.87. The van der Waals surface area contributed by atoms with Gasteiger partial charge in [-0.25, -0.2) is 4.52 Å². The Kier molecular flexibility index (Phi) is 5.10. The van der Waals surface area contributed by atoms with Crippen LogP contribution in [0.15, 0.2) is 47.8 Å². The molecule has 0 saturated carbocycles. The van der Waals surface area contributed by atoms with Crippen molar-refractivity contribution in [2.45, 2.75) is 0 Å². The predicted molar refractivity (Wildman–Crippen MR) is 117 cm³/mol. The summed E-state index contributed by atoms with van der Waals surface area (Å²) in [6, 6.07) is 11.6. The lowest BCUT2D eigenvalue weighted by Crippen LogP contribution is -2.15. The van der Waals surface area contributed by atoms with E-state index in [0.29, 0.717) is 15.7 Å². The molecule has 9 nitrogen and oxygen atoms in total. The number of amides is 1. The molecule has 4 rings (SSSR count). The van der Waals surface area contributed by atoms with Gasteiger partial charge in [-0.3, -0.25) is 20.2 Å². The molecule has 4 aromatic rings. The molecule has 0 spiro atoms. The molecule has 2 aromatic heterocycles. The zero-order chi connectivity index (χ0) is 21.4. The van der Waals surface area contributed by atoms with Crippen LogP contribution >= 0.6 is 22.9 Å². The number of fused-ring (bicyclic) bond motifs is 1. The standard InChI is InChI=1S/C19H15ClN6O3S/c1-24(2)14-8-5-12(9-15(14)26(28)29)17(27)21-18-22-19-25(23-18)16(10-30-19)11-3-6-13(20)7-4-11/h3-10H,1-2H3,(H,21,23,27). The van der Waals surface area contributed by atoms with Gasteiger partial charge in [0.1, 0.15) is 5.69 Å². The Morgan fingerprint density at radius 1 is 1.23 bits per heavy atom. The van der Waals surface area contributed by atoms with Gasteiger partial charge in [0.2, 0.25) is 4.96 Å². The van der Waals surface area contributed by atoms with Crippen LogP contribution < -0.4 is 10.2 Å². The predicted octanol–water partition coefficient (Wildman–Crippen LogP) is 4.34. The Labute approximate surface area is 179 Å². The number of nitro benzene ring substituents is 1. The summed E-state index contributed by atoms with van der Waals surface area (Å²) in [6.07, 6.45) is 0. The molecule has 0 bridgehead atoms. The number of nitrogens with zero attached hydrogens (tertiary/aromatic N) is 5. The Balaban J connectivity index is 1.62. The number of benzene rings is 2. The third-order valence-electron chi connectivity index (χ3n) is 4.36. The molecular weight excluding hydrogens is 428 g/mol. The fourth-order valence-electron chi connectivity index (χ4n) is 2.92. The van der Waals surface area contributed by atoms with E-state index >= 15 is 0 Å². The minimum absolute atomic E-state index is 0.112. The average molecular weight is 443 g/mol. The molecule has 0 aliphatic rings. The van der Waals surface area contributed by atoms with Crippen LogP contribution in [-0.4, -0.2) is 39.5 Å². The lowest BCUT2D eigenvalue weighted by molar-refractivity contribution is -0.384. The first kappa shape index (κ1) is 19.8. The van der Waals surface area contributed by atoms with Crippen molar-refractivity contribution in [3.8, 4) is 11.3 Å². The number of anilines is 2.